The van der Waals surface area contributed by atoms with Crippen molar-refractivity contribution >= 4 is 0 Å². The molecule has 0 radical (unpaired) electrons. The molecule has 1 heterocycles. The van der Waals surface area contributed by atoms with Gasteiger partial charge in [0.05, 0.1) is 6.04 Å². The van der Waals surface area contributed by atoms with Gasteiger partial charge in [-0.05, 0) is 49.2 Å². The highest BCUT2D eigenvalue weighted by Crippen LogP contribution is 2.31. The average molecular weight is 316 g/mol. The van der Waals surface area contributed by atoms with Gasteiger partial charge < -0.3 is 5.32 Å². The van der Waals surface area contributed by atoms with E-state index in [-0.39, 0.29) is 17.7 Å². The summed E-state index contributed by atoms with van der Waals surface area (Å²) in [7, 11) is 0. The lowest BCUT2D eigenvalue weighted by Crippen LogP contribution is -2.55. The molecular weight excluding hydrogens is 294 g/mol. The molecule has 3 rings (SSSR count). The van der Waals surface area contributed by atoms with Gasteiger partial charge in [-0.1, -0.05) is 24.3 Å². The number of nitrogens with one attached hydrogen (secondary N) is 1. The minimum absolute atomic E-state index is 0.00394. The number of rotatable bonds is 3. The van der Waals surface area contributed by atoms with Crippen LogP contribution < -0.4 is 5.32 Å². The second kappa shape index (κ2) is 6.77. The molecule has 4 heteroatoms. The molecule has 1 saturated heterocycles. The molecule has 1 N–H and O–H groups in total. The van der Waals surface area contributed by atoms with E-state index in [1.807, 2.05) is 24.3 Å². The van der Waals surface area contributed by atoms with E-state index in [1.165, 1.54) is 24.3 Å². The molecule has 0 unspecified atom stereocenters. The van der Waals surface area contributed by atoms with Crippen molar-refractivity contribution in [2.45, 2.75) is 32.0 Å². The highest BCUT2D eigenvalue weighted by atomic mass is 19.1. The van der Waals surface area contributed by atoms with Gasteiger partial charge in [0.15, 0.2) is 0 Å². The monoisotopic (exact) mass is 316 g/mol. The van der Waals surface area contributed by atoms with E-state index in [0.717, 1.165) is 24.2 Å². The second-order valence-corrected chi connectivity index (χ2v) is 6.36. The van der Waals surface area contributed by atoms with Crippen LogP contribution in [0, 0.1) is 11.6 Å². The van der Waals surface area contributed by atoms with Crippen molar-refractivity contribution in [1.82, 2.24) is 10.2 Å². The zero-order chi connectivity index (χ0) is 16.4. The Morgan fingerprint density at radius 1 is 0.913 bits per heavy atom. The lowest BCUT2D eigenvalue weighted by Gasteiger charge is -2.43. The van der Waals surface area contributed by atoms with Crippen LogP contribution in [-0.2, 0) is 0 Å². The summed E-state index contributed by atoms with van der Waals surface area (Å²) in [4.78, 5) is 2.40. The number of benzene rings is 2. The van der Waals surface area contributed by atoms with E-state index >= 15 is 0 Å². The lowest BCUT2D eigenvalue weighted by molar-refractivity contribution is 0.113. The van der Waals surface area contributed by atoms with Crippen LogP contribution in [0.1, 0.15) is 31.0 Å². The first-order chi connectivity index (χ1) is 11.0. The molecule has 1 aliphatic rings. The van der Waals surface area contributed by atoms with Crippen molar-refractivity contribution < 1.29 is 8.78 Å². The zero-order valence-electron chi connectivity index (χ0n) is 13.5. The standard InChI is InChI=1S/C19H22F2N2/c1-13-12-23(14(2)11-22-13)19(15-3-7-17(20)8-4-15)16-5-9-18(21)10-6-16/h3-10,13-14,19,22H,11-12H2,1-2H3/t13-,14-/m0/s1. The number of halogens is 2. The van der Waals surface area contributed by atoms with Crippen molar-refractivity contribution in [2.75, 3.05) is 13.1 Å². The fourth-order valence-corrected chi connectivity index (χ4v) is 3.28. The van der Waals surface area contributed by atoms with Gasteiger partial charge >= 0.3 is 0 Å². The number of piperazine rings is 1. The first-order valence-electron chi connectivity index (χ1n) is 8.04. The van der Waals surface area contributed by atoms with Crippen LogP contribution in [0.3, 0.4) is 0 Å². The molecule has 0 aromatic heterocycles. The predicted octanol–water partition coefficient (Wildman–Crippen LogP) is 3.74. The summed E-state index contributed by atoms with van der Waals surface area (Å²) in [6, 6.07) is 14.0. The third kappa shape index (κ3) is 3.59. The SMILES string of the molecule is C[C@H]1CN(C(c2ccc(F)cc2)c2ccc(F)cc2)[C@@H](C)CN1. The first-order valence-corrected chi connectivity index (χ1v) is 8.04. The van der Waals surface area contributed by atoms with Crippen LogP contribution in [0.25, 0.3) is 0 Å². The van der Waals surface area contributed by atoms with Crippen LogP contribution in [0.5, 0.6) is 0 Å². The van der Waals surface area contributed by atoms with Gasteiger partial charge in [-0.25, -0.2) is 8.78 Å². The van der Waals surface area contributed by atoms with Crippen molar-refractivity contribution in [1.29, 1.82) is 0 Å². The van der Waals surface area contributed by atoms with Crippen LogP contribution in [-0.4, -0.2) is 30.1 Å². The maximum Gasteiger partial charge on any atom is 0.123 e. The van der Waals surface area contributed by atoms with E-state index in [1.54, 1.807) is 0 Å². The maximum absolute atomic E-state index is 13.3. The van der Waals surface area contributed by atoms with Gasteiger partial charge in [0.1, 0.15) is 11.6 Å². The summed E-state index contributed by atoms with van der Waals surface area (Å²) in [5, 5.41) is 3.48. The van der Waals surface area contributed by atoms with Crippen molar-refractivity contribution in [3.63, 3.8) is 0 Å². The average Bonchev–Trinajstić information content (AvgIpc) is 2.54. The van der Waals surface area contributed by atoms with Gasteiger partial charge in [0.25, 0.3) is 0 Å². The summed E-state index contributed by atoms with van der Waals surface area (Å²) >= 11 is 0. The Balaban J connectivity index is 2.01. The number of hydrogen-bond acceptors (Lipinski definition) is 2. The Kier molecular flexibility index (Phi) is 4.74. The van der Waals surface area contributed by atoms with Gasteiger partial charge in [0.2, 0.25) is 0 Å². The van der Waals surface area contributed by atoms with E-state index in [0.29, 0.717) is 12.1 Å². The highest BCUT2D eigenvalue weighted by Gasteiger charge is 2.30. The molecule has 0 amide bonds. The quantitative estimate of drug-likeness (QED) is 0.928. The molecule has 1 aliphatic heterocycles. The summed E-state index contributed by atoms with van der Waals surface area (Å²) in [5.41, 5.74) is 2.05. The molecule has 2 nitrogen and oxygen atoms in total. The number of hydrogen-bond donors (Lipinski definition) is 1. The predicted molar refractivity (Wildman–Crippen MR) is 88.3 cm³/mol. The minimum Gasteiger partial charge on any atom is -0.311 e. The molecule has 0 spiro atoms. The molecular formula is C19H22F2N2. The molecule has 122 valence electrons. The van der Waals surface area contributed by atoms with Crippen LogP contribution in [0.15, 0.2) is 48.5 Å². The fourth-order valence-electron chi connectivity index (χ4n) is 3.28. The normalized spacial score (nSPS) is 22.5. The van der Waals surface area contributed by atoms with Crippen molar-refractivity contribution in [2.24, 2.45) is 0 Å². The Morgan fingerprint density at radius 2 is 1.39 bits per heavy atom. The Hall–Kier alpha value is -1.78. The largest absolute Gasteiger partial charge is 0.311 e. The molecule has 2 aromatic rings. The summed E-state index contributed by atoms with van der Waals surface area (Å²) in [5.74, 6) is -0.485. The molecule has 0 bridgehead atoms. The summed E-state index contributed by atoms with van der Waals surface area (Å²) < 4.78 is 26.6. The topological polar surface area (TPSA) is 15.3 Å². The van der Waals surface area contributed by atoms with Crippen LogP contribution >= 0.6 is 0 Å². The van der Waals surface area contributed by atoms with E-state index < -0.39 is 0 Å². The van der Waals surface area contributed by atoms with E-state index in [2.05, 4.69) is 24.1 Å². The van der Waals surface area contributed by atoms with Crippen LogP contribution in [0.2, 0.25) is 0 Å². The second-order valence-electron chi connectivity index (χ2n) is 6.36. The Morgan fingerprint density at radius 3 is 1.87 bits per heavy atom. The smallest absolute Gasteiger partial charge is 0.123 e. The van der Waals surface area contributed by atoms with E-state index in [9.17, 15) is 8.78 Å². The third-order valence-electron chi connectivity index (χ3n) is 4.52. The molecule has 2 aromatic carbocycles. The van der Waals surface area contributed by atoms with Gasteiger partial charge in [0, 0.05) is 25.2 Å². The number of nitrogens with zero attached hydrogens (tertiary/aromatic N) is 1. The van der Waals surface area contributed by atoms with Crippen molar-refractivity contribution in [3.8, 4) is 0 Å². The van der Waals surface area contributed by atoms with Gasteiger partial charge in [-0.15, -0.1) is 0 Å². The zero-order valence-corrected chi connectivity index (χ0v) is 13.5. The Labute approximate surface area is 136 Å². The Bertz CT molecular complexity index is 594. The van der Waals surface area contributed by atoms with Crippen LogP contribution in [0.4, 0.5) is 8.78 Å². The molecule has 0 aliphatic carbocycles. The lowest BCUT2D eigenvalue weighted by atomic mass is 9.94. The molecule has 1 fully saturated rings. The van der Waals surface area contributed by atoms with E-state index in [4.69, 9.17) is 0 Å². The first kappa shape index (κ1) is 16.1. The molecule has 0 saturated carbocycles. The third-order valence-corrected chi connectivity index (χ3v) is 4.52. The maximum atomic E-state index is 13.3. The minimum atomic E-state index is -0.242. The highest BCUT2D eigenvalue weighted by molar-refractivity contribution is 5.32. The van der Waals surface area contributed by atoms with Gasteiger partial charge in [-0.3, -0.25) is 4.90 Å². The molecule has 23 heavy (non-hydrogen) atoms. The molecule has 2 atom stereocenters. The van der Waals surface area contributed by atoms with Gasteiger partial charge in [-0.2, -0.15) is 0 Å². The summed E-state index contributed by atoms with van der Waals surface area (Å²) in [6.07, 6.45) is 0. The van der Waals surface area contributed by atoms with Crippen molar-refractivity contribution in [3.05, 3.63) is 71.3 Å². The summed E-state index contributed by atoms with van der Waals surface area (Å²) in [6.45, 7) is 6.13. The fraction of sp³-hybridized carbons (Fsp3) is 0.368.